The van der Waals surface area contributed by atoms with Gasteiger partial charge < -0.3 is 16.4 Å². The van der Waals surface area contributed by atoms with Gasteiger partial charge in [-0.05, 0) is 31.7 Å². The quantitative estimate of drug-likeness (QED) is 0.719. The Kier molecular flexibility index (Phi) is 6.80. The van der Waals surface area contributed by atoms with Crippen molar-refractivity contribution in [1.82, 2.24) is 10.6 Å². The van der Waals surface area contributed by atoms with Gasteiger partial charge in [-0.1, -0.05) is 20.8 Å². The predicted octanol–water partition coefficient (Wildman–Crippen LogP) is 0.812. The molecule has 19 heavy (non-hydrogen) atoms. The molecule has 1 saturated heterocycles. The summed E-state index contributed by atoms with van der Waals surface area (Å²) in [6.45, 7) is 8.60. The Labute approximate surface area is 121 Å². The molecule has 1 fully saturated rings. The molecule has 1 aliphatic heterocycles. The second-order valence-corrected chi connectivity index (χ2v) is 6.29. The number of nitrogens with two attached hydrogens (primary N) is 1. The highest BCUT2D eigenvalue weighted by molar-refractivity contribution is 5.88. The summed E-state index contributed by atoms with van der Waals surface area (Å²) in [7, 11) is 0. The number of nitrogens with one attached hydrogen (secondary N) is 2. The highest BCUT2D eigenvalue weighted by Gasteiger charge is 2.33. The van der Waals surface area contributed by atoms with Crippen LogP contribution in [-0.2, 0) is 9.59 Å². The molecule has 1 heterocycles. The van der Waals surface area contributed by atoms with Gasteiger partial charge in [-0.2, -0.15) is 0 Å². The summed E-state index contributed by atoms with van der Waals surface area (Å²) in [5, 5.41) is 6.11. The SMILES string of the molecule is C[C@H]1C[C@@H](C(=O)NC(C(N)=O)C(C)(C)C)CCN1.Cl. The number of primary amides is 1. The van der Waals surface area contributed by atoms with Crippen LogP contribution < -0.4 is 16.4 Å². The molecule has 1 rings (SSSR count). The first kappa shape index (κ1) is 18.2. The van der Waals surface area contributed by atoms with E-state index in [1.165, 1.54) is 0 Å². The van der Waals surface area contributed by atoms with Crippen LogP contribution in [0.15, 0.2) is 0 Å². The summed E-state index contributed by atoms with van der Waals surface area (Å²) < 4.78 is 0. The molecule has 0 bridgehead atoms. The van der Waals surface area contributed by atoms with Crippen LogP contribution in [-0.4, -0.2) is 30.4 Å². The molecule has 0 aromatic rings. The van der Waals surface area contributed by atoms with E-state index in [1.807, 2.05) is 20.8 Å². The third kappa shape index (κ3) is 5.37. The zero-order valence-electron chi connectivity index (χ0n) is 12.2. The first-order chi connectivity index (χ1) is 8.21. The Hall–Kier alpha value is -0.810. The summed E-state index contributed by atoms with van der Waals surface area (Å²) in [5.74, 6) is -0.551. The molecule has 6 heteroatoms. The van der Waals surface area contributed by atoms with Crippen molar-refractivity contribution in [1.29, 1.82) is 0 Å². The summed E-state index contributed by atoms with van der Waals surface area (Å²) in [5.41, 5.74) is 5.00. The van der Waals surface area contributed by atoms with Crippen molar-refractivity contribution >= 4 is 24.2 Å². The van der Waals surface area contributed by atoms with Gasteiger partial charge in [0.2, 0.25) is 11.8 Å². The average molecular weight is 292 g/mol. The molecular weight excluding hydrogens is 266 g/mol. The molecule has 0 saturated carbocycles. The Morgan fingerprint density at radius 3 is 2.37 bits per heavy atom. The zero-order valence-corrected chi connectivity index (χ0v) is 13.0. The monoisotopic (exact) mass is 291 g/mol. The predicted molar refractivity (Wildman–Crippen MR) is 78.0 cm³/mol. The fourth-order valence-electron chi connectivity index (χ4n) is 2.34. The molecule has 0 radical (unpaired) electrons. The van der Waals surface area contributed by atoms with Crippen molar-refractivity contribution < 1.29 is 9.59 Å². The van der Waals surface area contributed by atoms with E-state index in [0.717, 1.165) is 19.4 Å². The van der Waals surface area contributed by atoms with Crippen LogP contribution >= 0.6 is 12.4 Å². The topological polar surface area (TPSA) is 84.2 Å². The van der Waals surface area contributed by atoms with Crippen molar-refractivity contribution in [2.75, 3.05) is 6.54 Å². The van der Waals surface area contributed by atoms with Gasteiger partial charge in [-0.15, -0.1) is 12.4 Å². The first-order valence-corrected chi connectivity index (χ1v) is 6.55. The van der Waals surface area contributed by atoms with Gasteiger partial charge in [0.25, 0.3) is 0 Å². The lowest BCUT2D eigenvalue weighted by atomic mass is 9.85. The number of halogens is 1. The molecule has 4 N–H and O–H groups in total. The molecule has 1 unspecified atom stereocenters. The first-order valence-electron chi connectivity index (χ1n) is 6.55. The van der Waals surface area contributed by atoms with Crippen LogP contribution in [0.1, 0.15) is 40.5 Å². The van der Waals surface area contributed by atoms with Crippen LogP contribution in [0, 0.1) is 11.3 Å². The highest BCUT2D eigenvalue weighted by atomic mass is 35.5. The molecule has 0 spiro atoms. The minimum atomic E-state index is -0.616. The van der Waals surface area contributed by atoms with Crippen LogP contribution in [0.5, 0.6) is 0 Å². The van der Waals surface area contributed by atoms with E-state index < -0.39 is 11.9 Å². The fourth-order valence-corrected chi connectivity index (χ4v) is 2.34. The molecule has 1 aliphatic rings. The third-order valence-electron chi connectivity index (χ3n) is 3.43. The van der Waals surface area contributed by atoms with Crippen LogP contribution in [0.4, 0.5) is 0 Å². The zero-order chi connectivity index (χ0) is 13.9. The summed E-state index contributed by atoms with van der Waals surface area (Å²) in [6, 6.07) is -0.272. The standard InChI is InChI=1S/C13H25N3O2.ClH/c1-8-7-9(5-6-15-8)12(18)16-10(11(14)17)13(2,3)4;/h8-10,15H,5-7H2,1-4H3,(H2,14,17)(H,16,18);1H/t8-,9-,10?;/m0./s1. The second kappa shape index (κ2) is 7.10. The van der Waals surface area contributed by atoms with Gasteiger partial charge in [0, 0.05) is 12.0 Å². The van der Waals surface area contributed by atoms with Gasteiger partial charge in [0.15, 0.2) is 0 Å². The maximum Gasteiger partial charge on any atom is 0.240 e. The fraction of sp³-hybridized carbons (Fsp3) is 0.846. The maximum atomic E-state index is 12.2. The minimum Gasteiger partial charge on any atom is -0.368 e. The van der Waals surface area contributed by atoms with Gasteiger partial charge in [-0.25, -0.2) is 0 Å². The largest absolute Gasteiger partial charge is 0.368 e. The van der Waals surface area contributed by atoms with Crippen LogP contribution in [0.3, 0.4) is 0 Å². The van der Waals surface area contributed by atoms with E-state index in [-0.39, 0.29) is 29.6 Å². The molecule has 3 atom stereocenters. The van der Waals surface area contributed by atoms with Gasteiger partial charge in [-0.3, -0.25) is 9.59 Å². The molecular formula is C13H26ClN3O2. The lowest BCUT2D eigenvalue weighted by Crippen LogP contribution is -2.54. The molecule has 112 valence electrons. The van der Waals surface area contributed by atoms with Crippen molar-refractivity contribution in [3.63, 3.8) is 0 Å². The van der Waals surface area contributed by atoms with E-state index in [4.69, 9.17) is 5.73 Å². The lowest BCUT2D eigenvalue weighted by molar-refractivity contribution is -0.132. The maximum absolute atomic E-state index is 12.2. The molecule has 0 aromatic carbocycles. The summed E-state index contributed by atoms with van der Waals surface area (Å²) in [4.78, 5) is 23.6. The van der Waals surface area contributed by atoms with E-state index in [9.17, 15) is 9.59 Å². The van der Waals surface area contributed by atoms with E-state index in [0.29, 0.717) is 6.04 Å². The minimum absolute atomic E-state index is 0. The van der Waals surface area contributed by atoms with E-state index in [2.05, 4.69) is 17.6 Å². The number of piperidine rings is 1. The van der Waals surface area contributed by atoms with E-state index >= 15 is 0 Å². The lowest BCUT2D eigenvalue weighted by Gasteiger charge is -2.32. The Balaban J connectivity index is 0.00000324. The third-order valence-corrected chi connectivity index (χ3v) is 3.43. The molecule has 0 aliphatic carbocycles. The Morgan fingerprint density at radius 2 is 1.95 bits per heavy atom. The van der Waals surface area contributed by atoms with Gasteiger partial charge in [0.1, 0.15) is 6.04 Å². The summed E-state index contributed by atoms with van der Waals surface area (Å²) >= 11 is 0. The van der Waals surface area contributed by atoms with E-state index in [1.54, 1.807) is 0 Å². The number of amides is 2. The smallest absolute Gasteiger partial charge is 0.240 e. The normalized spacial score (nSPS) is 25.1. The number of carbonyl (C=O) groups excluding carboxylic acids is 2. The van der Waals surface area contributed by atoms with Gasteiger partial charge >= 0.3 is 0 Å². The van der Waals surface area contributed by atoms with Gasteiger partial charge in [0.05, 0.1) is 0 Å². The highest BCUT2D eigenvalue weighted by Crippen LogP contribution is 2.21. The number of hydrogen-bond acceptors (Lipinski definition) is 3. The Bertz CT molecular complexity index is 328. The number of hydrogen-bond donors (Lipinski definition) is 3. The second-order valence-electron chi connectivity index (χ2n) is 6.29. The van der Waals surface area contributed by atoms with Crippen molar-refractivity contribution in [3.8, 4) is 0 Å². The van der Waals surface area contributed by atoms with Crippen molar-refractivity contribution in [2.45, 2.75) is 52.6 Å². The van der Waals surface area contributed by atoms with Crippen LogP contribution in [0.2, 0.25) is 0 Å². The number of carbonyl (C=O) groups is 2. The van der Waals surface area contributed by atoms with Crippen molar-refractivity contribution in [3.05, 3.63) is 0 Å². The summed E-state index contributed by atoms with van der Waals surface area (Å²) in [6.07, 6.45) is 1.62. The molecule has 2 amide bonds. The van der Waals surface area contributed by atoms with Crippen LogP contribution in [0.25, 0.3) is 0 Å². The number of rotatable bonds is 3. The Morgan fingerprint density at radius 1 is 1.37 bits per heavy atom. The molecule has 5 nitrogen and oxygen atoms in total. The average Bonchev–Trinajstić information content (AvgIpc) is 2.23. The van der Waals surface area contributed by atoms with Crippen molar-refractivity contribution in [2.24, 2.45) is 17.1 Å². The molecule has 0 aromatic heterocycles.